The Morgan fingerprint density at radius 2 is 1.71 bits per heavy atom. The molecular weight excluding hydrogens is 222 g/mol. The number of rotatable bonds is 1. The van der Waals surface area contributed by atoms with Crippen molar-refractivity contribution in [2.75, 3.05) is 0 Å². The van der Waals surface area contributed by atoms with Crippen LogP contribution in [0.25, 0.3) is 6.08 Å². The molecule has 1 saturated heterocycles. The van der Waals surface area contributed by atoms with Gasteiger partial charge in [0.15, 0.2) is 0 Å². The molecule has 6 heteroatoms. The summed E-state index contributed by atoms with van der Waals surface area (Å²) in [5.41, 5.74) is 1.65. The average molecular weight is 233 g/mol. The fourth-order valence-electron chi connectivity index (χ4n) is 1.53. The highest BCUT2D eigenvalue weighted by Crippen LogP contribution is 2.12. The van der Waals surface area contributed by atoms with Gasteiger partial charge in [-0.15, -0.1) is 0 Å². The van der Waals surface area contributed by atoms with Gasteiger partial charge in [-0.1, -0.05) is 0 Å². The lowest BCUT2D eigenvalue weighted by atomic mass is 10.1. The first kappa shape index (κ1) is 11.1. The Morgan fingerprint density at radius 3 is 2.18 bits per heavy atom. The lowest BCUT2D eigenvalue weighted by Gasteiger charge is -2.14. The molecule has 0 radical (unpaired) electrons. The molecule has 0 aromatic carbocycles. The Labute approximate surface area is 97.3 Å². The molecule has 2 rings (SSSR count). The van der Waals surface area contributed by atoms with Crippen molar-refractivity contribution in [1.29, 1.82) is 0 Å². The van der Waals surface area contributed by atoms with Crippen molar-refractivity contribution in [2.45, 2.75) is 6.92 Å². The smallest absolute Gasteiger partial charge is 0.328 e. The zero-order valence-electron chi connectivity index (χ0n) is 9.40. The molecule has 0 unspecified atom stereocenters. The Balaban J connectivity index is 2.39. The SMILES string of the molecule is Cc1ccc(C=C2C(=O)NC(=O)NC2=O)n1C. The molecule has 0 saturated carbocycles. The summed E-state index contributed by atoms with van der Waals surface area (Å²) < 4.78 is 1.84. The predicted molar refractivity (Wildman–Crippen MR) is 59.8 cm³/mol. The van der Waals surface area contributed by atoms with E-state index in [0.29, 0.717) is 0 Å². The number of amides is 4. The van der Waals surface area contributed by atoms with Crippen molar-refractivity contribution in [3.8, 4) is 0 Å². The molecule has 1 fully saturated rings. The van der Waals surface area contributed by atoms with E-state index < -0.39 is 17.8 Å². The van der Waals surface area contributed by atoms with Gasteiger partial charge >= 0.3 is 6.03 Å². The Bertz CT molecular complexity index is 532. The summed E-state index contributed by atoms with van der Waals surface area (Å²) in [4.78, 5) is 33.8. The molecular formula is C11H11N3O3. The number of carbonyl (C=O) groups is 3. The first-order chi connectivity index (χ1) is 7.99. The normalized spacial score (nSPS) is 15.6. The van der Waals surface area contributed by atoms with E-state index >= 15 is 0 Å². The molecule has 6 nitrogen and oxygen atoms in total. The number of hydrogen-bond acceptors (Lipinski definition) is 3. The van der Waals surface area contributed by atoms with E-state index in [2.05, 4.69) is 0 Å². The summed E-state index contributed by atoms with van der Waals surface area (Å²) in [6, 6.07) is 2.87. The van der Waals surface area contributed by atoms with Crippen molar-refractivity contribution in [1.82, 2.24) is 15.2 Å². The number of nitrogens with zero attached hydrogens (tertiary/aromatic N) is 1. The second-order valence-corrected chi connectivity index (χ2v) is 3.75. The van der Waals surface area contributed by atoms with Crippen LogP contribution < -0.4 is 10.6 Å². The van der Waals surface area contributed by atoms with Gasteiger partial charge < -0.3 is 4.57 Å². The summed E-state index contributed by atoms with van der Waals surface area (Å²) in [7, 11) is 1.82. The first-order valence-electron chi connectivity index (χ1n) is 4.99. The van der Waals surface area contributed by atoms with E-state index in [1.807, 2.05) is 35.2 Å². The number of aromatic nitrogens is 1. The first-order valence-corrected chi connectivity index (χ1v) is 4.99. The van der Waals surface area contributed by atoms with Crippen LogP contribution in [-0.4, -0.2) is 22.4 Å². The zero-order chi connectivity index (χ0) is 12.6. The Kier molecular flexibility index (Phi) is 2.55. The molecule has 4 amide bonds. The number of urea groups is 1. The van der Waals surface area contributed by atoms with Gasteiger partial charge in [-0.05, 0) is 25.1 Å². The highest BCUT2D eigenvalue weighted by Gasteiger charge is 2.27. The Hall–Kier alpha value is -2.37. The minimum atomic E-state index is -0.791. The maximum Gasteiger partial charge on any atom is 0.328 e. The number of carbonyl (C=O) groups excluding carboxylic acids is 3. The van der Waals surface area contributed by atoms with Gasteiger partial charge in [0.05, 0.1) is 0 Å². The molecule has 17 heavy (non-hydrogen) atoms. The van der Waals surface area contributed by atoms with Gasteiger partial charge in [0.1, 0.15) is 5.57 Å². The van der Waals surface area contributed by atoms with Gasteiger partial charge in [0.2, 0.25) is 0 Å². The molecule has 0 bridgehead atoms. The molecule has 1 aliphatic heterocycles. The molecule has 1 aromatic rings. The molecule has 2 heterocycles. The lowest BCUT2D eigenvalue weighted by molar-refractivity contribution is -0.123. The van der Waals surface area contributed by atoms with E-state index in [1.54, 1.807) is 6.07 Å². The number of barbiturate groups is 1. The van der Waals surface area contributed by atoms with Gasteiger partial charge in [-0.25, -0.2) is 4.79 Å². The van der Waals surface area contributed by atoms with Crippen LogP contribution in [0.4, 0.5) is 4.79 Å². The van der Waals surface area contributed by atoms with Gasteiger partial charge in [-0.3, -0.25) is 20.2 Å². The van der Waals surface area contributed by atoms with E-state index in [-0.39, 0.29) is 5.57 Å². The third-order valence-electron chi connectivity index (χ3n) is 2.65. The second-order valence-electron chi connectivity index (χ2n) is 3.75. The molecule has 1 aliphatic rings. The van der Waals surface area contributed by atoms with Gasteiger partial charge in [-0.2, -0.15) is 0 Å². The second kappa shape index (κ2) is 3.89. The lowest BCUT2D eigenvalue weighted by Crippen LogP contribution is -2.51. The van der Waals surface area contributed by atoms with E-state index in [0.717, 1.165) is 11.4 Å². The monoisotopic (exact) mass is 233 g/mol. The van der Waals surface area contributed by atoms with Crippen molar-refractivity contribution in [2.24, 2.45) is 7.05 Å². The van der Waals surface area contributed by atoms with Gasteiger partial charge in [0, 0.05) is 18.4 Å². The van der Waals surface area contributed by atoms with Crippen molar-refractivity contribution < 1.29 is 14.4 Å². The van der Waals surface area contributed by atoms with E-state index in [9.17, 15) is 14.4 Å². The van der Waals surface area contributed by atoms with E-state index in [4.69, 9.17) is 0 Å². The topological polar surface area (TPSA) is 80.2 Å². The maximum absolute atomic E-state index is 11.5. The summed E-state index contributed by atoms with van der Waals surface area (Å²) in [5.74, 6) is -1.37. The molecule has 88 valence electrons. The molecule has 2 N–H and O–H groups in total. The minimum absolute atomic E-state index is 0.0780. The predicted octanol–water partition coefficient (Wildman–Crippen LogP) is 0.0829. The molecule has 0 aliphatic carbocycles. The fraction of sp³-hybridized carbons (Fsp3) is 0.182. The standard InChI is InChI=1S/C11H11N3O3/c1-6-3-4-7(14(6)2)5-8-9(15)12-11(17)13-10(8)16/h3-5H,1-2H3,(H2,12,13,15,16,17). The molecule has 1 aromatic heterocycles. The van der Waals surface area contributed by atoms with Crippen LogP contribution in [0.3, 0.4) is 0 Å². The summed E-state index contributed by atoms with van der Waals surface area (Å²) in [5, 5.41) is 4.04. The zero-order valence-corrected chi connectivity index (χ0v) is 9.40. The van der Waals surface area contributed by atoms with Crippen LogP contribution in [0, 0.1) is 6.92 Å². The largest absolute Gasteiger partial charge is 0.348 e. The fourth-order valence-corrected chi connectivity index (χ4v) is 1.53. The number of nitrogens with one attached hydrogen (secondary N) is 2. The van der Waals surface area contributed by atoms with Crippen LogP contribution in [0.15, 0.2) is 17.7 Å². The molecule has 0 atom stereocenters. The quantitative estimate of drug-likeness (QED) is 0.532. The van der Waals surface area contributed by atoms with E-state index in [1.165, 1.54) is 6.08 Å². The minimum Gasteiger partial charge on any atom is -0.348 e. The highest BCUT2D eigenvalue weighted by molar-refractivity contribution is 6.31. The number of hydrogen-bond donors (Lipinski definition) is 2. The van der Waals surface area contributed by atoms with Crippen LogP contribution in [0.5, 0.6) is 0 Å². The van der Waals surface area contributed by atoms with Crippen LogP contribution in [0.1, 0.15) is 11.4 Å². The van der Waals surface area contributed by atoms with Crippen molar-refractivity contribution in [3.63, 3.8) is 0 Å². The van der Waals surface area contributed by atoms with Gasteiger partial charge in [0.25, 0.3) is 11.8 Å². The number of imide groups is 2. The maximum atomic E-state index is 11.5. The molecule has 0 spiro atoms. The Morgan fingerprint density at radius 1 is 1.12 bits per heavy atom. The highest BCUT2D eigenvalue weighted by atomic mass is 16.2. The van der Waals surface area contributed by atoms with Crippen LogP contribution in [0.2, 0.25) is 0 Å². The van der Waals surface area contributed by atoms with Crippen molar-refractivity contribution >= 4 is 23.9 Å². The van der Waals surface area contributed by atoms with Crippen LogP contribution >= 0.6 is 0 Å². The summed E-state index contributed by atoms with van der Waals surface area (Å²) >= 11 is 0. The summed E-state index contributed by atoms with van der Waals surface area (Å²) in [6.45, 7) is 1.91. The van der Waals surface area contributed by atoms with Crippen LogP contribution in [-0.2, 0) is 16.6 Å². The third kappa shape index (κ3) is 1.96. The summed E-state index contributed by atoms with van der Waals surface area (Å²) in [6.07, 6.45) is 1.45. The third-order valence-corrected chi connectivity index (χ3v) is 2.65. The average Bonchev–Trinajstić information content (AvgIpc) is 2.54. The number of aryl methyl sites for hydroxylation is 1. The van der Waals surface area contributed by atoms with Crippen molar-refractivity contribution in [3.05, 3.63) is 29.1 Å².